The van der Waals surface area contributed by atoms with Crippen molar-refractivity contribution in [3.8, 4) is 21.7 Å². The highest BCUT2D eigenvalue weighted by Gasteiger charge is 2.10. The lowest BCUT2D eigenvalue weighted by Crippen LogP contribution is -2.08. The van der Waals surface area contributed by atoms with Crippen LogP contribution in [0.4, 0.5) is 0 Å². The fourth-order valence-corrected chi connectivity index (χ4v) is 2.58. The van der Waals surface area contributed by atoms with Crippen LogP contribution in [0.5, 0.6) is 0 Å². The summed E-state index contributed by atoms with van der Waals surface area (Å²) in [7, 11) is 0. The van der Waals surface area contributed by atoms with E-state index in [4.69, 9.17) is 0 Å². The Kier molecular flexibility index (Phi) is 2.78. The Morgan fingerprint density at radius 2 is 1.89 bits per heavy atom. The van der Waals surface area contributed by atoms with E-state index in [2.05, 4.69) is 10.2 Å². The van der Waals surface area contributed by atoms with Crippen molar-refractivity contribution in [3.05, 3.63) is 64.3 Å². The molecule has 0 fully saturated rings. The summed E-state index contributed by atoms with van der Waals surface area (Å²) in [6, 6.07) is 15.4. The summed E-state index contributed by atoms with van der Waals surface area (Å²) in [5, 5.41) is 8.66. The lowest BCUT2D eigenvalue weighted by molar-refractivity contribution is 0.998. The van der Waals surface area contributed by atoms with Gasteiger partial charge in [-0.25, -0.2) is 5.10 Å². The molecule has 1 aromatic carbocycles. The highest BCUT2D eigenvalue weighted by atomic mass is 32.1. The van der Waals surface area contributed by atoms with Crippen LogP contribution in [-0.4, -0.2) is 10.2 Å². The second-order valence-corrected chi connectivity index (χ2v) is 4.79. The smallest absolute Gasteiger partial charge is 0.264 e. The van der Waals surface area contributed by atoms with E-state index in [-0.39, 0.29) is 5.56 Å². The highest BCUT2D eigenvalue weighted by molar-refractivity contribution is 7.13. The largest absolute Gasteiger partial charge is 0.268 e. The van der Waals surface area contributed by atoms with Crippen molar-refractivity contribution in [2.45, 2.75) is 0 Å². The van der Waals surface area contributed by atoms with E-state index < -0.39 is 0 Å². The van der Waals surface area contributed by atoms with Gasteiger partial charge in [-0.15, -0.1) is 11.3 Å². The van der Waals surface area contributed by atoms with E-state index in [0.717, 1.165) is 21.7 Å². The Morgan fingerprint density at radius 3 is 2.61 bits per heavy atom. The van der Waals surface area contributed by atoms with Crippen molar-refractivity contribution in [2.75, 3.05) is 0 Å². The van der Waals surface area contributed by atoms with Gasteiger partial charge in [-0.1, -0.05) is 36.4 Å². The average molecular weight is 254 g/mol. The molecule has 0 aliphatic carbocycles. The summed E-state index contributed by atoms with van der Waals surface area (Å²) in [6.07, 6.45) is 0. The van der Waals surface area contributed by atoms with Gasteiger partial charge in [0.05, 0.1) is 5.69 Å². The standard InChI is InChI=1S/C14H10N2OS/c17-13-9-11(12-7-4-8-18-12)14(16-15-13)10-5-2-1-3-6-10/h1-9H,(H,15,17). The van der Waals surface area contributed by atoms with Gasteiger partial charge >= 0.3 is 0 Å². The average Bonchev–Trinajstić information content (AvgIpc) is 2.93. The molecule has 0 aliphatic rings. The molecule has 88 valence electrons. The third-order valence-corrected chi connectivity index (χ3v) is 3.55. The minimum Gasteiger partial charge on any atom is -0.268 e. The molecular formula is C14H10N2OS. The summed E-state index contributed by atoms with van der Waals surface area (Å²) in [5.41, 5.74) is 2.49. The molecule has 0 amide bonds. The topological polar surface area (TPSA) is 45.8 Å². The van der Waals surface area contributed by atoms with E-state index in [1.54, 1.807) is 17.4 Å². The quantitative estimate of drug-likeness (QED) is 0.763. The Balaban J connectivity index is 2.25. The third-order valence-electron chi connectivity index (χ3n) is 2.64. The lowest BCUT2D eigenvalue weighted by Gasteiger charge is -2.05. The molecule has 4 heteroatoms. The predicted molar refractivity (Wildman–Crippen MR) is 73.6 cm³/mol. The molecule has 2 aromatic heterocycles. The van der Waals surface area contributed by atoms with E-state index in [1.807, 2.05) is 47.8 Å². The van der Waals surface area contributed by atoms with Gasteiger partial charge in [0.1, 0.15) is 0 Å². The number of thiophene rings is 1. The zero-order valence-corrected chi connectivity index (χ0v) is 10.3. The van der Waals surface area contributed by atoms with Gasteiger partial charge in [0.2, 0.25) is 0 Å². The first kappa shape index (κ1) is 10.9. The summed E-state index contributed by atoms with van der Waals surface area (Å²) < 4.78 is 0. The molecule has 0 saturated carbocycles. The van der Waals surface area contributed by atoms with Gasteiger partial charge < -0.3 is 0 Å². The number of benzene rings is 1. The number of hydrogen-bond acceptors (Lipinski definition) is 3. The first-order valence-corrected chi connectivity index (χ1v) is 6.41. The fourth-order valence-electron chi connectivity index (χ4n) is 1.84. The van der Waals surface area contributed by atoms with Crippen LogP contribution in [0.25, 0.3) is 21.7 Å². The Labute approximate surface area is 108 Å². The second-order valence-electron chi connectivity index (χ2n) is 3.84. The van der Waals surface area contributed by atoms with Crippen molar-refractivity contribution >= 4 is 11.3 Å². The Hall–Kier alpha value is -2.20. The number of nitrogens with one attached hydrogen (secondary N) is 1. The van der Waals surface area contributed by atoms with E-state index in [9.17, 15) is 4.79 Å². The predicted octanol–water partition coefficient (Wildman–Crippen LogP) is 3.17. The minimum atomic E-state index is -0.182. The monoisotopic (exact) mass is 254 g/mol. The van der Waals surface area contributed by atoms with Crippen LogP contribution >= 0.6 is 11.3 Å². The fraction of sp³-hybridized carbons (Fsp3) is 0. The summed E-state index contributed by atoms with van der Waals surface area (Å²) in [4.78, 5) is 12.5. The van der Waals surface area contributed by atoms with E-state index in [0.29, 0.717) is 0 Å². The Morgan fingerprint density at radius 1 is 1.06 bits per heavy atom. The molecule has 2 heterocycles. The van der Waals surface area contributed by atoms with Crippen LogP contribution in [0.15, 0.2) is 58.7 Å². The SMILES string of the molecule is O=c1cc(-c2cccs2)c(-c2ccccc2)n[nH]1. The van der Waals surface area contributed by atoms with Gasteiger partial charge in [-0.2, -0.15) is 5.10 Å². The highest BCUT2D eigenvalue weighted by Crippen LogP contribution is 2.31. The third kappa shape index (κ3) is 1.98. The molecule has 3 rings (SSSR count). The molecule has 1 N–H and O–H groups in total. The van der Waals surface area contributed by atoms with Crippen molar-refractivity contribution < 1.29 is 0 Å². The van der Waals surface area contributed by atoms with Crippen LogP contribution in [0.1, 0.15) is 0 Å². The number of H-pyrrole nitrogens is 1. The maximum absolute atomic E-state index is 11.5. The molecule has 0 spiro atoms. The van der Waals surface area contributed by atoms with Gasteiger partial charge in [0.25, 0.3) is 5.56 Å². The van der Waals surface area contributed by atoms with Gasteiger partial charge in [-0.3, -0.25) is 4.79 Å². The number of nitrogens with zero attached hydrogens (tertiary/aromatic N) is 1. The second kappa shape index (κ2) is 4.58. The maximum atomic E-state index is 11.5. The molecular weight excluding hydrogens is 244 g/mol. The van der Waals surface area contributed by atoms with E-state index >= 15 is 0 Å². The van der Waals surface area contributed by atoms with Crippen molar-refractivity contribution in [3.63, 3.8) is 0 Å². The van der Waals surface area contributed by atoms with Crippen LogP contribution in [0.3, 0.4) is 0 Å². The number of aromatic nitrogens is 2. The first-order valence-electron chi connectivity index (χ1n) is 5.53. The molecule has 0 atom stereocenters. The van der Waals surface area contributed by atoms with Crippen LogP contribution in [0.2, 0.25) is 0 Å². The van der Waals surface area contributed by atoms with E-state index in [1.165, 1.54) is 0 Å². The van der Waals surface area contributed by atoms with Gasteiger partial charge in [0.15, 0.2) is 0 Å². The lowest BCUT2D eigenvalue weighted by atomic mass is 10.1. The summed E-state index contributed by atoms with van der Waals surface area (Å²) in [6.45, 7) is 0. The molecule has 3 nitrogen and oxygen atoms in total. The van der Waals surface area contributed by atoms with Crippen molar-refractivity contribution in [1.29, 1.82) is 0 Å². The summed E-state index contributed by atoms with van der Waals surface area (Å²) >= 11 is 1.60. The molecule has 3 aromatic rings. The van der Waals surface area contributed by atoms with Crippen molar-refractivity contribution in [2.24, 2.45) is 0 Å². The van der Waals surface area contributed by atoms with Gasteiger partial charge in [-0.05, 0) is 11.4 Å². The van der Waals surface area contributed by atoms with Crippen LogP contribution in [0, 0.1) is 0 Å². The zero-order chi connectivity index (χ0) is 12.4. The number of rotatable bonds is 2. The Bertz CT molecular complexity index is 702. The normalized spacial score (nSPS) is 10.4. The molecule has 0 unspecified atom stereocenters. The number of aromatic amines is 1. The molecule has 18 heavy (non-hydrogen) atoms. The number of hydrogen-bond donors (Lipinski definition) is 1. The molecule has 0 radical (unpaired) electrons. The van der Waals surface area contributed by atoms with Crippen molar-refractivity contribution in [1.82, 2.24) is 10.2 Å². The summed E-state index contributed by atoms with van der Waals surface area (Å²) in [5.74, 6) is 0. The minimum absolute atomic E-state index is 0.182. The molecule has 0 saturated heterocycles. The first-order chi connectivity index (χ1) is 8.84. The van der Waals surface area contributed by atoms with Crippen LogP contribution < -0.4 is 5.56 Å². The molecule has 0 bridgehead atoms. The maximum Gasteiger partial charge on any atom is 0.264 e. The van der Waals surface area contributed by atoms with Gasteiger partial charge in [0, 0.05) is 22.1 Å². The molecule has 0 aliphatic heterocycles. The van der Waals surface area contributed by atoms with Crippen LogP contribution in [-0.2, 0) is 0 Å². The zero-order valence-electron chi connectivity index (χ0n) is 9.46.